The molecule has 3 N–H and O–H groups in total. The zero-order valence-corrected chi connectivity index (χ0v) is 11.5. The molecule has 0 radical (unpaired) electrons. The Labute approximate surface area is 116 Å². The molecular weight excluding hydrogens is 260 g/mol. The van der Waals surface area contributed by atoms with Crippen LogP contribution in [0.4, 0.5) is 5.82 Å². The first kappa shape index (κ1) is 15.4. The molecule has 20 heavy (non-hydrogen) atoms. The van der Waals surface area contributed by atoms with Gasteiger partial charge in [-0.25, -0.2) is 4.98 Å². The summed E-state index contributed by atoms with van der Waals surface area (Å²) < 4.78 is 5.00. The van der Waals surface area contributed by atoms with Crippen LogP contribution in [0.15, 0.2) is 12.3 Å². The maximum Gasteiger partial charge on any atom is 0.303 e. The lowest BCUT2D eigenvalue weighted by Gasteiger charge is -2.18. The first-order valence-corrected chi connectivity index (χ1v) is 5.98. The zero-order chi connectivity index (χ0) is 15.3. The van der Waals surface area contributed by atoms with Crippen LogP contribution in [0.1, 0.15) is 38.0 Å². The van der Waals surface area contributed by atoms with Crippen LogP contribution in [0, 0.1) is 11.3 Å². The fourth-order valence-electron chi connectivity index (χ4n) is 1.52. The number of hydrogen-bond acceptors (Lipinski definition) is 6. The summed E-state index contributed by atoms with van der Waals surface area (Å²) in [6.07, 6.45) is 0.152. The van der Waals surface area contributed by atoms with Crippen LogP contribution >= 0.6 is 0 Å². The quantitative estimate of drug-likeness (QED) is 0.780. The smallest absolute Gasteiger partial charge is 0.303 e. The van der Waals surface area contributed by atoms with Gasteiger partial charge in [0.15, 0.2) is 0 Å². The predicted octanol–water partition coefficient (Wildman–Crippen LogP) is 0.664. The highest BCUT2D eigenvalue weighted by atomic mass is 16.5. The van der Waals surface area contributed by atoms with Gasteiger partial charge in [-0.3, -0.25) is 9.59 Å². The van der Waals surface area contributed by atoms with Gasteiger partial charge in [0.25, 0.3) is 5.91 Å². The van der Waals surface area contributed by atoms with Crippen LogP contribution in [0.5, 0.6) is 0 Å². The fourth-order valence-corrected chi connectivity index (χ4v) is 1.52. The lowest BCUT2D eigenvalue weighted by atomic mass is 10.1. The number of pyridine rings is 1. The van der Waals surface area contributed by atoms with Gasteiger partial charge in [-0.15, -0.1) is 0 Å². The number of aromatic nitrogens is 1. The number of esters is 1. The second kappa shape index (κ2) is 6.52. The molecule has 1 amide bonds. The second-order valence-corrected chi connectivity index (χ2v) is 4.47. The molecule has 0 aliphatic rings. The van der Waals surface area contributed by atoms with Crippen molar-refractivity contribution < 1.29 is 14.3 Å². The summed E-state index contributed by atoms with van der Waals surface area (Å²) >= 11 is 0. The molecule has 1 unspecified atom stereocenters. The van der Waals surface area contributed by atoms with E-state index in [1.54, 1.807) is 13.8 Å². The normalized spacial score (nSPS) is 11.6. The van der Waals surface area contributed by atoms with E-state index < -0.39 is 18.0 Å². The van der Waals surface area contributed by atoms with Gasteiger partial charge in [0, 0.05) is 24.7 Å². The molecule has 0 bridgehead atoms. The molecule has 7 heteroatoms. The third-order valence-corrected chi connectivity index (χ3v) is 2.32. The third kappa shape index (κ3) is 3.95. The van der Waals surface area contributed by atoms with E-state index in [0.29, 0.717) is 5.56 Å². The van der Waals surface area contributed by atoms with Crippen LogP contribution in [0.25, 0.3) is 0 Å². The number of anilines is 1. The molecule has 106 valence electrons. The molecule has 0 aromatic carbocycles. The Hall–Kier alpha value is -2.62. The molecule has 0 spiro atoms. The molecule has 0 aliphatic carbocycles. The molecular formula is C13H16N4O3. The second-order valence-electron chi connectivity index (χ2n) is 4.47. The Bertz CT molecular complexity index is 563. The van der Waals surface area contributed by atoms with Gasteiger partial charge >= 0.3 is 5.97 Å². The molecule has 0 saturated heterocycles. The number of nitrogens with one attached hydrogen (secondary N) is 1. The summed E-state index contributed by atoms with van der Waals surface area (Å²) in [4.78, 5) is 27.0. The Kier molecular flexibility index (Phi) is 5.03. The highest BCUT2D eigenvalue weighted by Crippen LogP contribution is 2.20. The van der Waals surface area contributed by atoms with E-state index in [1.165, 1.54) is 19.2 Å². The average Bonchev–Trinajstić information content (AvgIpc) is 2.35. The summed E-state index contributed by atoms with van der Waals surface area (Å²) in [7, 11) is 0. The lowest BCUT2D eigenvalue weighted by molar-refractivity contribution is -0.154. The van der Waals surface area contributed by atoms with E-state index in [2.05, 4.69) is 10.3 Å². The Morgan fingerprint density at radius 2 is 2.15 bits per heavy atom. The minimum absolute atomic E-state index is 0.0575. The topological polar surface area (TPSA) is 118 Å². The molecule has 0 aliphatic heterocycles. The number of carbonyl (C=O) groups is 2. The number of amides is 1. The van der Waals surface area contributed by atoms with Gasteiger partial charge < -0.3 is 15.8 Å². The van der Waals surface area contributed by atoms with Crippen LogP contribution in [0.2, 0.25) is 0 Å². The monoisotopic (exact) mass is 276 g/mol. The van der Waals surface area contributed by atoms with Gasteiger partial charge in [0.05, 0.1) is 5.56 Å². The molecule has 1 rings (SSSR count). The van der Waals surface area contributed by atoms with E-state index >= 15 is 0 Å². The number of nitrogens with two attached hydrogens (primary N) is 1. The summed E-state index contributed by atoms with van der Waals surface area (Å²) in [6.45, 7) is 4.76. The summed E-state index contributed by atoms with van der Waals surface area (Å²) in [6, 6.07) is 3.14. The molecule has 1 aromatic heterocycles. The van der Waals surface area contributed by atoms with Crippen molar-refractivity contribution in [3.8, 4) is 6.07 Å². The minimum Gasteiger partial charge on any atom is -0.447 e. The van der Waals surface area contributed by atoms with Gasteiger partial charge in [0.1, 0.15) is 11.9 Å². The highest BCUT2D eigenvalue weighted by Gasteiger charge is 2.25. The van der Waals surface area contributed by atoms with Gasteiger partial charge in [0.2, 0.25) is 6.10 Å². The zero-order valence-electron chi connectivity index (χ0n) is 11.5. The number of carbonyl (C=O) groups excluding carboxylic acids is 2. The Balaban J connectivity index is 3.14. The number of rotatable bonds is 4. The first-order valence-electron chi connectivity index (χ1n) is 5.98. The molecule has 7 nitrogen and oxygen atoms in total. The average molecular weight is 276 g/mol. The summed E-state index contributed by atoms with van der Waals surface area (Å²) in [5, 5.41) is 11.6. The van der Waals surface area contributed by atoms with Crippen molar-refractivity contribution in [3.63, 3.8) is 0 Å². The molecule has 1 atom stereocenters. The van der Waals surface area contributed by atoms with Gasteiger partial charge in [-0.1, -0.05) is 0 Å². The van der Waals surface area contributed by atoms with Crippen molar-refractivity contribution in [2.24, 2.45) is 0 Å². The Morgan fingerprint density at radius 3 is 2.65 bits per heavy atom. The SMILES string of the molecule is CC(=O)OC(C(=O)NC(C)C)c1cnc(N)c(C#N)c1. The van der Waals surface area contributed by atoms with Gasteiger partial charge in [-0.2, -0.15) is 5.26 Å². The number of nitriles is 1. The number of ether oxygens (including phenoxy) is 1. The van der Waals surface area contributed by atoms with Crippen LogP contribution in [-0.4, -0.2) is 22.9 Å². The fraction of sp³-hybridized carbons (Fsp3) is 0.385. The standard InChI is InChI=1S/C13H16N4O3/c1-7(2)17-13(19)11(20-8(3)18)10-4-9(5-14)12(15)16-6-10/h4,6-7,11H,1-3H3,(H2,15,16)(H,17,19). The van der Waals surface area contributed by atoms with Crippen molar-refractivity contribution in [2.75, 3.05) is 5.73 Å². The van der Waals surface area contributed by atoms with E-state index in [0.717, 1.165) is 0 Å². The van der Waals surface area contributed by atoms with Crippen molar-refractivity contribution in [1.82, 2.24) is 10.3 Å². The molecule has 0 fully saturated rings. The van der Waals surface area contributed by atoms with Crippen LogP contribution < -0.4 is 11.1 Å². The summed E-state index contributed by atoms with van der Waals surface area (Å²) in [5.41, 5.74) is 5.93. The number of nitrogen functional groups attached to an aromatic ring is 1. The van der Waals surface area contributed by atoms with Gasteiger partial charge in [-0.05, 0) is 19.9 Å². The van der Waals surface area contributed by atoms with Crippen molar-refractivity contribution in [2.45, 2.75) is 32.9 Å². The van der Waals surface area contributed by atoms with Crippen molar-refractivity contribution >= 4 is 17.7 Å². The number of hydrogen-bond donors (Lipinski definition) is 2. The highest BCUT2D eigenvalue weighted by molar-refractivity contribution is 5.85. The van der Waals surface area contributed by atoms with E-state index in [4.69, 9.17) is 15.7 Å². The van der Waals surface area contributed by atoms with E-state index in [9.17, 15) is 9.59 Å². The minimum atomic E-state index is -1.16. The van der Waals surface area contributed by atoms with Crippen LogP contribution in [0.3, 0.4) is 0 Å². The largest absolute Gasteiger partial charge is 0.447 e. The lowest BCUT2D eigenvalue weighted by Crippen LogP contribution is -2.36. The Morgan fingerprint density at radius 1 is 1.50 bits per heavy atom. The third-order valence-electron chi connectivity index (χ3n) is 2.32. The maximum atomic E-state index is 12.0. The molecule has 0 saturated carbocycles. The summed E-state index contributed by atoms with van der Waals surface area (Å²) in [5.74, 6) is -1.03. The van der Waals surface area contributed by atoms with Crippen molar-refractivity contribution in [3.05, 3.63) is 23.4 Å². The van der Waals surface area contributed by atoms with E-state index in [1.807, 2.05) is 6.07 Å². The van der Waals surface area contributed by atoms with E-state index in [-0.39, 0.29) is 17.4 Å². The predicted molar refractivity (Wildman–Crippen MR) is 71.2 cm³/mol. The first-order chi connectivity index (χ1) is 9.35. The van der Waals surface area contributed by atoms with Crippen molar-refractivity contribution in [1.29, 1.82) is 5.26 Å². The molecule has 1 aromatic rings. The maximum absolute atomic E-state index is 12.0. The number of nitrogens with zero attached hydrogens (tertiary/aromatic N) is 2. The molecule has 1 heterocycles. The van der Waals surface area contributed by atoms with Crippen LogP contribution in [-0.2, 0) is 14.3 Å².